The van der Waals surface area contributed by atoms with E-state index in [1.54, 1.807) is 36.4 Å². The third-order valence-corrected chi connectivity index (χ3v) is 4.45. The zero-order valence-corrected chi connectivity index (χ0v) is 18.1. The topological polar surface area (TPSA) is 67.4 Å². The van der Waals surface area contributed by atoms with Gasteiger partial charge in [-0.25, -0.2) is 0 Å². The third-order valence-electron chi connectivity index (χ3n) is 3.96. The van der Waals surface area contributed by atoms with Crippen LogP contribution in [0.4, 0.5) is 11.4 Å². The van der Waals surface area contributed by atoms with Gasteiger partial charge < -0.3 is 15.4 Å². The summed E-state index contributed by atoms with van der Waals surface area (Å²) in [6, 6.07) is 12.5. The van der Waals surface area contributed by atoms with Crippen molar-refractivity contribution in [1.29, 1.82) is 0 Å². The summed E-state index contributed by atoms with van der Waals surface area (Å²) in [6.45, 7) is 5.93. The second kappa shape index (κ2) is 10.9. The number of amides is 2. The zero-order chi connectivity index (χ0) is 20.5. The van der Waals surface area contributed by atoms with Crippen LogP contribution in [0.1, 0.15) is 56.8 Å². The van der Waals surface area contributed by atoms with E-state index >= 15 is 0 Å². The van der Waals surface area contributed by atoms with Gasteiger partial charge in [0.25, 0.3) is 5.91 Å². The van der Waals surface area contributed by atoms with Crippen LogP contribution in [0.3, 0.4) is 0 Å². The van der Waals surface area contributed by atoms with Gasteiger partial charge in [-0.1, -0.05) is 41.8 Å². The van der Waals surface area contributed by atoms with E-state index in [1.165, 1.54) is 0 Å². The fraction of sp³-hybridized carbons (Fsp3) is 0.364. The molecule has 0 atom stereocenters. The molecule has 0 aliphatic heterocycles. The number of hydrogen-bond donors (Lipinski definition) is 2. The molecule has 5 nitrogen and oxygen atoms in total. The Morgan fingerprint density at radius 3 is 2.43 bits per heavy atom. The predicted molar refractivity (Wildman–Crippen MR) is 117 cm³/mol. The second-order valence-electron chi connectivity index (χ2n) is 6.85. The highest BCUT2D eigenvalue weighted by Gasteiger charge is 2.15. The van der Waals surface area contributed by atoms with Crippen LogP contribution >= 0.6 is 15.9 Å². The molecule has 150 valence electrons. The van der Waals surface area contributed by atoms with E-state index in [0.717, 1.165) is 23.7 Å². The van der Waals surface area contributed by atoms with Gasteiger partial charge in [-0.2, -0.15) is 0 Å². The van der Waals surface area contributed by atoms with Gasteiger partial charge in [0.2, 0.25) is 5.91 Å². The Bertz CT molecular complexity index is 821. The van der Waals surface area contributed by atoms with E-state index in [4.69, 9.17) is 4.74 Å². The lowest BCUT2D eigenvalue weighted by molar-refractivity contribution is -0.116. The molecule has 0 radical (unpaired) electrons. The molecular weight excluding hydrogens is 420 g/mol. The molecule has 0 aliphatic rings. The molecule has 2 rings (SSSR count). The fourth-order valence-corrected chi connectivity index (χ4v) is 3.03. The van der Waals surface area contributed by atoms with Gasteiger partial charge in [0.15, 0.2) is 0 Å². The first-order chi connectivity index (χ1) is 13.4. The minimum atomic E-state index is -0.275. The lowest BCUT2D eigenvalue weighted by Gasteiger charge is -2.15. The summed E-state index contributed by atoms with van der Waals surface area (Å²) in [6.07, 6.45) is 3.45. The molecule has 0 spiro atoms. The molecule has 0 bridgehead atoms. The van der Waals surface area contributed by atoms with Gasteiger partial charge in [0.1, 0.15) is 5.75 Å². The monoisotopic (exact) mass is 446 g/mol. The van der Waals surface area contributed by atoms with Gasteiger partial charge in [-0.3, -0.25) is 9.59 Å². The standard InChI is InChI=1S/C22H27BrN2O3/c1-4-5-6-10-21(26)24-17-8-7-9-18(14-17)25-22(27)19-13-16(23)11-12-20(19)28-15(2)3/h7-9,11-15H,4-6,10H2,1-3H3,(H,24,26)(H,25,27). The number of unbranched alkanes of at least 4 members (excludes halogenated alkanes) is 2. The number of nitrogens with one attached hydrogen (secondary N) is 2. The highest BCUT2D eigenvalue weighted by atomic mass is 79.9. The number of benzene rings is 2. The van der Waals surface area contributed by atoms with E-state index in [9.17, 15) is 9.59 Å². The fourth-order valence-electron chi connectivity index (χ4n) is 2.67. The van der Waals surface area contributed by atoms with Gasteiger partial charge in [-0.15, -0.1) is 0 Å². The van der Waals surface area contributed by atoms with Crippen molar-refractivity contribution in [2.45, 2.75) is 52.6 Å². The van der Waals surface area contributed by atoms with Gasteiger partial charge in [0, 0.05) is 22.3 Å². The summed E-state index contributed by atoms with van der Waals surface area (Å²) in [7, 11) is 0. The number of carbonyl (C=O) groups is 2. The largest absolute Gasteiger partial charge is 0.490 e. The van der Waals surface area contributed by atoms with Crippen LogP contribution in [-0.4, -0.2) is 17.9 Å². The second-order valence-corrected chi connectivity index (χ2v) is 7.76. The smallest absolute Gasteiger partial charge is 0.259 e. The van der Waals surface area contributed by atoms with Crippen molar-refractivity contribution in [1.82, 2.24) is 0 Å². The summed E-state index contributed by atoms with van der Waals surface area (Å²) in [5.74, 6) is 0.232. The van der Waals surface area contributed by atoms with Crippen molar-refractivity contribution in [3.63, 3.8) is 0 Å². The molecule has 0 fully saturated rings. The molecule has 0 saturated heterocycles. The first-order valence-corrected chi connectivity index (χ1v) is 10.4. The molecule has 0 heterocycles. The molecule has 0 aliphatic carbocycles. The summed E-state index contributed by atoms with van der Waals surface area (Å²) in [4.78, 5) is 24.8. The van der Waals surface area contributed by atoms with Crippen molar-refractivity contribution in [2.75, 3.05) is 10.6 Å². The Balaban J connectivity index is 2.08. The summed E-state index contributed by atoms with van der Waals surface area (Å²) in [5, 5.41) is 5.75. The predicted octanol–water partition coefficient (Wildman–Crippen LogP) is 6.01. The third kappa shape index (κ3) is 7.00. The van der Waals surface area contributed by atoms with E-state index in [0.29, 0.717) is 29.1 Å². The Labute approximate surface area is 175 Å². The van der Waals surface area contributed by atoms with Crippen LogP contribution in [0.2, 0.25) is 0 Å². The minimum Gasteiger partial charge on any atom is -0.490 e. The van der Waals surface area contributed by atoms with E-state index in [-0.39, 0.29) is 17.9 Å². The van der Waals surface area contributed by atoms with Crippen LogP contribution in [-0.2, 0) is 4.79 Å². The van der Waals surface area contributed by atoms with Crippen molar-refractivity contribution < 1.29 is 14.3 Å². The summed E-state index contributed by atoms with van der Waals surface area (Å²) >= 11 is 3.40. The number of carbonyl (C=O) groups excluding carboxylic acids is 2. The Morgan fingerprint density at radius 1 is 1.04 bits per heavy atom. The number of hydrogen-bond acceptors (Lipinski definition) is 3. The van der Waals surface area contributed by atoms with Gasteiger partial charge in [-0.05, 0) is 56.7 Å². The maximum atomic E-state index is 12.8. The molecule has 0 saturated carbocycles. The van der Waals surface area contributed by atoms with Crippen molar-refractivity contribution >= 4 is 39.1 Å². The number of anilines is 2. The SMILES string of the molecule is CCCCCC(=O)Nc1cccc(NC(=O)c2cc(Br)ccc2OC(C)C)c1. The highest BCUT2D eigenvalue weighted by molar-refractivity contribution is 9.10. The average Bonchev–Trinajstić information content (AvgIpc) is 2.63. The van der Waals surface area contributed by atoms with Crippen molar-refractivity contribution in [2.24, 2.45) is 0 Å². The molecule has 0 aromatic heterocycles. The minimum absolute atomic E-state index is 0.0171. The first kappa shape index (κ1) is 22.0. The van der Waals surface area contributed by atoms with E-state index in [1.807, 2.05) is 19.9 Å². The van der Waals surface area contributed by atoms with Crippen LogP contribution in [0, 0.1) is 0 Å². The Morgan fingerprint density at radius 2 is 1.75 bits per heavy atom. The maximum absolute atomic E-state index is 12.8. The van der Waals surface area contributed by atoms with Crippen LogP contribution in [0.15, 0.2) is 46.9 Å². The highest BCUT2D eigenvalue weighted by Crippen LogP contribution is 2.26. The molecule has 2 N–H and O–H groups in total. The average molecular weight is 447 g/mol. The summed E-state index contributed by atoms with van der Waals surface area (Å²) < 4.78 is 6.54. The molecule has 0 unspecified atom stereocenters. The van der Waals surface area contributed by atoms with Crippen molar-refractivity contribution in [3.8, 4) is 5.75 Å². The Kier molecular flexibility index (Phi) is 8.51. The molecule has 2 aromatic rings. The van der Waals surface area contributed by atoms with Crippen molar-refractivity contribution in [3.05, 3.63) is 52.5 Å². The van der Waals surface area contributed by atoms with Gasteiger partial charge in [0.05, 0.1) is 11.7 Å². The first-order valence-electron chi connectivity index (χ1n) is 9.56. The molecule has 6 heteroatoms. The van der Waals surface area contributed by atoms with Crippen LogP contribution in [0.25, 0.3) is 0 Å². The Hall–Kier alpha value is -2.34. The van der Waals surface area contributed by atoms with Crippen LogP contribution < -0.4 is 15.4 Å². The van der Waals surface area contributed by atoms with E-state index in [2.05, 4.69) is 33.5 Å². The molecule has 2 amide bonds. The lowest BCUT2D eigenvalue weighted by atomic mass is 10.1. The number of ether oxygens (including phenoxy) is 1. The lowest BCUT2D eigenvalue weighted by Crippen LogP contribution is -2.16. The molecular formula is C22H27BrN2O3. The quantitative estimate of drug-likeness (QED) is 0.463. The maximum Gasteiger partial charge on any atom is 0.259 e. The number of rotatable bonds is 9. The van der Waals surface area contributed by atoms with Gasteiger partial charge >= 0.3 is 0 Å². The molecule has 2 aromatic carbocycles. The van der Waals surface area contributed by atoms with E-state index < -0.39 is 0 Å². The van der Waals surface area contributed by atoms with Crippen LogP contribution in [0.5, 0.6) is 5.75 Å². The molecule has 28 heavy (non-hydrogen) atoms. The normalized spacial score (nSPS) is 10.6. The zero-order valence-electron chi connectivity index (χ0n) is 16.5. The number of halogens is 1. The summed E-state index contributed by atoms with van der Waals surface area (Å²) in [5.41, 5.74) is 1.70.